The van der Waals surface area contributed by atoms with E-state index in [2.05, 4.69) is 31.3 Å². The molecule has 1 aromatic heterocycles. The summed E-state index contributed by atoms with van der Waals surface area (Å²) in [5.74, 6) is 7.07. The van der Waals surface area contributed by atoms with Crippen molar-refractivity contribution >= 4 is 15.9 Å². The number of methoxy groups -OCH3 is 1. The van der Waals surface area contributed by atoms with Crippen LogP contribution in [0, 0.1) is 0 Å². The first-order valence-electron chi connectivity index (χ1n) is 5.80. The summed E-state index contributed by atoms with van der Waals surface area (Å²) in [6.45, 7) is 0. The van der Waals surface area contributed by atoms with Gasteiger partial charge in [-0.1, -0.05) is 15.9 Å². The Labute approximate surface area is 120 Å². The molecule has 0 aliphatic carbocycles. The number of benzene rings is 1. The number of rotatable bonds is 5. The third kappa shape index (κ3) is 3.50. The minimum Gasteiger partial charge on any atom is -0.497 e. The number of ether oxygens (including phenoxy) is 1. The van der Waals surface area contributed by atoms with Crippen LogP contribution in [0.5, 0.6) is 5.75 Å². The molecule has 0 radical (unpaired) electrons. The molecule has 1 aromatic carbocycles. The summed E-state index contributed by atoms with van der Waals surface area (Å²) >= 11 is 3.52. The van der Waals surface area contributed by atoms with Gasteiger partial charge in [-0.25, -0.2) is 15.4 Å². The average molecular weight is 323 g/mol. The molecule has 0 bridgehead atoms. The number of hydrazine groups is 1. The molecule has 1 unspecified atom stereocenters. The molecular formula is C13H15BrN4O. The van der Waals surface area contributed by atoms with Gasteiger partial charge in [0.05, 0.1) is 13.2 Å². The molecule has 1 heterocycles. The molecule has 5 nitrogen and oxygen atoms in total. The maximum atomic E-state index is 5.60. The summed E-state index contributed by atoms with van der Waals surface area (Å²) in [7, 11) is 1.64. The number of nitrogens with one attached hydrogen (secondary N) is 1. The van der Waals surface area contributed by atoms with Gasteiger partial charge >= 0.3 is 0 Å². The molecule has 0 spiro atoms. The molecule has 3 N–H and O–H groups in total. The third-order valence-electron chi connectivity index (χ3n) is 2.78. The Morgan fingerprint density at radius 2 is 2.11 bits per heavy atom. The van der Waals surface area contributed by atoms with E-state index < -0.39 is 0 Å². The van der Waals surface area contributed by atoms with Gasteiger partial charge in [-0.05, 0) is 36.2 Å². The second kappa shape index (κ2) is 6.60. The molecule has 0 fully saturated rings. The lowest BCUT2D eigenvalue weighted by Gasteiger charge is -2.15. The molecular weight excluding hydrogens is 308 g/mol. The van der Waals surface area contributed by atoms with Gasteiger partial charge in [0.1, 0.15) is 11.6 Å². The van der Waals surface area contributed by atoms with Gasteiger partial charge in [0.15, 0.2) is 0 Å². The maximum absolute atomic E-state index is 5.60. The Kier molecular flexibility index (Phi) is 4.84. The van der Waals surface area contributed by atoms with Crippen LogP contribution >= 0.6 is 15.9 Å². The second-order valence-electron chi connectivity index (χ2n) is 3.99. The van der Waals surface area contributed by atoms with E-state index in [4.69, 9.17) is 10.6 Å². The Morgan fingerprint density at radius 3 is 2.74 bits per heavy atom. The van der Waals surface area contributed by atoms with Gasteiger partial charge in [0, 0.05) is 16.9 Å². The van der Waals surface area contributed by atoms with Crippen molar-refractivity contribution in [3.05, 3.63) is 52.5 Å². The van der Waals surface area contributed by atoms with Crippen molar-refractivity contribution in [1.82, 2.24) is 15.4 Å². The van der Waals surface area contributed by atoms with E-state index in [1.165, 1.54) is 0 Å². The molecule has 0 aliphatic heterocycles. The second-order valence-corrected chi connectivity index (χ2v) is 4.84. The summed E-state index contributed by atoms with van der Waals surface area (Å²) in [6, 6.07) is 7.45. The van der Waals surface area contributed by atoms with Crippen LogP contribution in [0.2, 0.25) is 0 Å². The van der Waals surface area contributed by atoms with Crippen molar-refractivity contribution in [3.63, 3.8) is 0 Å². The number of hydrogen-bond donors (Lipinski definition) is 2. The van der Waals surface area contributed by atoms with E-state index in [-0.39, 0.29) is 6.04 Å². The lowest BCUT2D eigenvalue weighted by Crippen LogP contribution is -2.31. The fourth-order valence-electron chi connectivity index (χ4n) is 1.77. The normalized spacial score (nSPS) is 12.2. The topological polar surface area (TPSA) is 73.1 Å². The first-order valence-corrected chi connectivity index (χ1v) is 6.59. The van der Waals surface area contributed by atoms with Crippen molar-refractivity contribution in [2.24, 2.45) is 5.84 Å². The third-order valence-corrected chi connectivity index (χ3v) is 3.55. The monoisotopic (exact) mass is 322 g/mol. The van der Waals surface area contributed by atoms with Crippen LogP contribution in [0.25, 0.3) is 0 Å². The van der Waals surface area contributed by atoms with Crippen LogP contribution in [0.1, 0.15) is 17.4 Å². The van der Waals surface area contributed by atoms with E-state index in [1.807, 2.05) is 18.2 Å². The van der Waals surface area contributed by atoms with Crippen molar-refractivity contribution in [3.8, 4) is 5.75 Å². The first kappa shape index (κ1) is 13.9. The number of nitrogens with zero attached hydrogens (tertiary/aromatic N) is 2. The molecule has 2 rings (SSSR count). The largest absolute Gasteiger partial charge is 0.497 e. The smallest absolute Gasteiger partial charge is 0.146 e. The van der Waals surface area contributed by atoms with Gasteiger partial charge in [-0.3, -0.25) is 5.84 Å². The highest BCUT2D eigenvalue weighted by atomic mass is 79.9. The van der Waals surface area contributed by atoms with Crippen LogP contribution < -0.4 is 16.0 Å². The fourth-order valence-corrected chi connectivity index (χ4v) is 2.18. The zero-order valence-corrected chi connectivity index (χ0v) is 12.1. The van der Waals surface area contributed by atoms with Crippen molar-refractivity contribution < 1.29 is 4.74 Å². The lowest BCUT2D eigenvalue weighted by atomic mass is 10.1. The number of hydrogen-bond acceptors (Lipinski definition) is 5. The molecule has 19 heavy (non-hydrogen) atoms. The summed E-state index contributed by atoms with van der Waals surface area (Å²) in [5.41, 5.74) is 3.82. The summed E-state index contributed by atoms with van der Waals surface area (Å²) in [4.78, 5) is 8.44. The molecule has 100 valence electrons. The van der Waals surface area contributed by atoms with Gasteiger partial charge in [0.25, 0.3) is 0 Å². The van der Waals surface area contributed by atoms with Crippen molar-refractivity contribution in [2.75, 3.05) is 7.11 Å². The molecule has 0 saturated heterocycles. The lowest BCUT2D eigenvalue weighted by molar-refractivity contribution is 0.413. The maximum Gasteiger partial charge on any atom is 0.146 e. The van der Waals surface area contributed by atoms with Crippen molar-refractivity contribution in [1.29, 1.82) is 0 Å². The van der Waals surface area contributed by atoms with E-state index in [1.54, 1.807) is 25.6 Å². The highest BCUT2D eigenvalue weighted by Gasteiger charge is 2.15. The number of nitrogens with two attached hydrogens (primary N) is 1. The SMILES string of the molecule is COc1ccc(Br)c(CC(NN)c2ncccn2)c1. The van der Waals surface area contributed by atoms with Crippen LogP contribution in [0.4, 0.5) is 0 Å². The minimum atomic E-state index is -0.149. The van der Waals surface area contributed by atoms with Crippen molar-refractivity contribution in [2.45, 2.75) is 12.5 Å². The number of halogens is 1. The Bertz CT molecular complexity index is 535. The Hall–Kier alpha value is -1.50. The Morgan fingerprint density at radius 1 is 1.37 bits per heavy atom. The van der Waals surface area contributed by atoms with Gasteiger partial charge in [-0.2, -0.15) is 0 Å². The standard InChI is InChI=1S/C13H15BrN4O/c1-19-10-3-4-11(14)9(7-10)8-12(18-15)13-16-5-2-6-17-13/h2-7,12,18H,8,15H2,1H3. The molecule has 0 aliphatic rings. The number of aromatic nitrogens is 2. The van der Waals surface area contributed by atoms with Crippen LogP contribution in [0.15, 0.2) is 41.1 Å². The first-order chi connectivity index (χ1) is 9.24. The Balaban J connectivity index is 2.23. The quantitative estimate of drug-likeness (QED) is 0.650. The van der Waals surface area contributed by atoms with Gasteiger partial charge < -0.3 is 4.74 Å². The van der Waals surface area contributed by atoms with Gasteiger partial charge in [-0.15, -0.1) is 0 Å². The van der Waals surface area contributed by atoms with Crippen LogP contribution in [-0.4, -0.2) is 17.1 Å². The average Bonchev–Trinajstić information content (AvgIpc) is 2.47. The highest BCUT2D eigenvalue weighted by molar-refractivity contribution is 9.10. The van der Waals surface area contributed by atoms with Crippen LogP contribution in [0.3, 0.4) is 0 Å². The summed E-state index contributed by atoms with van der Waals surface area (Å²) < 4.78 is 6.23. The molecule has 0 saturated carbocycles. The zero-order valence-electron chi connectivity index (χ0n) is 10.5. The predicted molar refractivity (Wildman–Crippen MR) is 76.5 cm³/mol. The summed E-state index contributed by atoms with van der Waals surface area (Å²) in [6.07, 6.45) is 4.07. The fraction of sp³-hybridized carbons (Fsp3) is 0.231. The van der Waals surface area contributed by atoms with E-state index >= 15 is 0 Å². The van der Waals surface area contributed by atoms with E-state index in [0.717, 1.165) is 15.8 Å². The van der Waals surface area contributed by atoms with Gasteiger partial charge in [0.2, 0.25) is 0 Å². The van der Waals surface area contributed by atoms with E-state index in [9.17, 15) is 0 Å². The predicted octanol–water partition coefficient (Wildman–Crippen LogP) is 1.99. The highest BCUT2D eigenvalue weighted by Crippen LogP contribution is 2.26. The molecule has 6 heteroatoms. The minimum absolute atomic E-state index is 0.149. The zero-order chi connectivity index (χ0) is 13.7. The van der Waals surface area contributed by atoms with Crippen LogP contribution in [-0.2, 0) is 6.42 Å². The molecule has 2 aromatic rings. The summed E-state index contributed by atoms with van der Waals surface area (Å²) in [5, 5.41) is 0. The van der Waals surface area contributed by atoms with E-state index in [0.29, 0.717) is 12.2 Å². The molecule has 0 amide bonds. The molecule has 1 atom stereocenters.